The molecule has 1 heterocycles. The molecule has 0 spiro atoms. The third-order valence-electron chi connectivity index (χ3n) is 3.44. The molecule has 15 heavy (non-hydrogen) atoms. The normalized spacial score (nSPS) is 23.6. The van der Waals surface area contributed by atoms with Crippen molar-refractivity contribution in [3.8, 4) is 0 Å². The van der Waals surface area contributed by atoms with Gasteiger partial charge in [-0.25, -0.2) is 0 Å². The Bertz CT molecular complexity index is 158. The van der Waals surface area contributed by atoms with E-state index in [4.69, 9.17) is 4.74 Å². The molecule has 0 radical (unpaired) electrons. The van der Waals surface area contributed by atoms with Crippen molar-refractivity contribution in [1.82, 2.24) is 10.2 Å². The minimum absolute atomic E-state index is 0.696. The molecule has 0 aliphatic carbocycles. The van der Waals surface area contributed by atoms with E-state index >= 15 is 0 Å². The van der Waals surface area contributed by atoms with Gasteiger partial charge in [0.15, 0.2) is 0 Å². The number of ether oxygens (including phenoxy) is 1. The van der Waals surface area contributed by atoms with Gasteiger partial charge in [-0.15, -0.1) is 0 Å². The van der Waals surface area contributed by atoms with Crippen LogP contribution in [0.25, 0.3) is 0 Å². The average molecular weight is 214 g/mol. The molecule has 0 amide bonds. The van der Waals surface area contributed by atoms with Gasteiger partial charge in [0.25, 0.3) is 0 Å². The second-order valence-electron chi connectivity index (χ2n) is 4.67. The first kappa shape index (κ1) is 12.9. The molecule has 2 atom stereocenters. The molecular formula is C12H26N2O. The van der Waals surface area contributed by atoms with Crippen LogP contribution in [0.1, 0.15) is 26.7 Å². The number of hydrogen-bond donors (Lipinski definition) is 1. The maximum absolute atomic E-state index is 5.34. The van der Waals surface area contributed by atoms with Gasteiger partial charge in [0.1, 0.15) is 0 Å². The van der Waals surface area contributed by atoms with Gasteiger partial charge in [-0.3, -0.25) is 0 Å². The lowest BCUT2D eigenvalue weighted by atomic mass is 10.1. The van der Waals surface area contributed by atoms with Crippen molar-refractivity contribution in [1.29, 1.82) is 0 Å². The van der Waals surface area contributed by atoms with Crippen LogP contribution in [0, 0.1) is 5.92 Å². The van der Waals surface area contributed by atoms with Crippen molar-refractivity contribution < 1.29 is 4.74 Å². The molecule has 0 aromatic rings. The lowest BCUT2D eigenvalue weighted by molar-refractivity contribution is 0.184. The number of likely N-dealkylation sites (N-methyl/N-ethyl adjacent to an activating group) is 1. The zero-order valence-corrected chi connectivity index (χ0v) is 10.5. The summed E-state index contributed by atoms with van der Waals surface area (Å²) in [5.41, 5.74) is 0. The Balaban J connectivity index is 1.96. The largest absolute Gasteiger partial charge is 0.381 e. The Morgan fingerprint density at radius 2 is 2.33 bits per heavy atom. The molecule has 0 saturated carbocycles. The molecule has 1 fully saturated rings. The molecule has 90 valence electrons. The summed E-state index contributed by atoms with van der Waals surface area (Å²) in [5, 5.41) is 3.52. The molecular weight excluding hydrogens is 188 g/mol. The first-order chi connectivity index (χ1) is 7.24. The summed E-state index contributed by atoms with van der Waals surface area (Å²) >= 11 is 0. The molecule has 1 N–H and O–H groups in total. The number of rotatable bonds is 7. The molecule has 1 aliphatic rings. The second kappa shape index (κ2) is 7.20. The molecule has 3 nitrogen and oxygen atoms in total. The van der Waals surface area contributed by atoms with Crippen LogP contribution < -0.4 is 5.32 Å². The van der Waals surface area contributed by atoms with E-state index in [2.05, 4.69) is 31.1 Å². The van der Waals surface area contributed by atoms with Gasteiger partial charge in [-0.2, -0.15) is 0 Å². The standard InChI is InChI=1S/C12H26N2O/c1-4-11(2)14(3)7-6-13-9-12-5-8-15-10-12/h11-13H,4-10H2,1-3H3. The van der Waals surface area contributed by atoms with Crippen LogP contribution >= 0.6 is 0 Å². The molecule has 0 aromatic carbocycles. The Labute approximate surface area is 94.2 Å². The highest BCUT2D eigenvalue weighted by Crippen LogP contribution is 2.10. The van der Waals surface area contributed by atoms with E-state index in [-0.39, 0.29) is 0 Å². The maximum atomic E-state index is 5.34. The van der Waals surface area contributed by atoms with Gasteiger partial charge < -0.3 is 15.0 Å². The van der Waals surface area contributed by atoms with E-state index in [0.717, 1.165) is 38.8 Å². The molecule has 1 aliphatic heterocycles. The van der Waals surface area contributed by atoms with E-state index < -0.39 is 0 Å². The van der Waals surface area contributed by atoms with Crippen molar-refractivity contribution in [3.63, 3.8) is 0 Å². The summed E-state index contributed by atoms with van der Waals surface area (Å²) in [6.45, 7) is 9.79. The topological polar surface area (TPSA) is 24.5 Å². The SMILES string of the molecule is CCC(C)N(C)CCNCC1CCOC1. The minimum Gasteiger partial charge on any atom is -0.381 e. The first-order valence-corrected chi connectivity index (χ1v) is 6.22. The summed E-state index contributed by atoms with van der Waals surface area (Å²) in [6.07, 6.45) is 2.46. The third kappa shape index (κ3) is 4.96. The summed E-state index contributed by atoms with van der Waals surface area (Å²) in [4.78, 5) is 2.41. The van der Waals surface area contributed by atoms with Gasteiger partial charge in [-0.05, 0) is 32.7 Å². The third-order valence-corrected chi connectivity index (χ3v) is 3.44. The summed E-state index contributed by atoms with van der Waals surface area (Å²) < 4.78 is 5.34. The van der Waals surface area contributed by atoms with E-state index in [0.29, 0.717) is 6.04 Å². The molecule has 1 saturated heterocycles. The van der Waals surface area contributed by atoms with E-state index in [1.165, 1.54) is 12.8 Å². The Morgan fingerprint density at radius 3 is 2.93 bits per heavy atom. The number of hydrogen-bond acceptors (Lipinski definition) is 3. The fourth-order valence-corrected chi connectivity index (χ4v) is 1.84. The van der Waals surface area contributed by atoms with Crippen LogP contribution in [0.5, 0.6) is 0 Å². The quantitative estimate of drug-likeness (QED) is 0.647. The molecule has 0 aromatic heterocycles. The van der Waals surface area contributed by atoms with Crippen LogP contribution in [0.4, 0.5) is 0 Å². The van der Waals surface area contributed by atoms with E-state index in [1.54, 1.807) is 0 Å². The van der Waals surface area contributed by atoms with Crippen LogP contribution in [0.15, 0.2) is 0 Å². The number of nitrogens with zero attached hydrogens (tertiary/aromatic N) is 1. The van der Waals surface area contributed by atoms with Gasteiger partial charge in [0, 0.05) is 32.3 Å². The first-order valence-electron chi connectivity index (χ1n) is 6.22. The Morgan fingerprint density at radius 1 is 1.53 bits per heavy atom. The highest BCUT2D eigenvalue weighted by Gasteiger charge is 2.14. The zero-order chi connectivity index (χ0) is 11.1. The number of nitrogens with one attached hydrogen (secondary N) is 1. The molecule has 0 bridgehead atoms. The highest BCUT2D eigenvalue weighted by atomic mass is 16.5. The molecule has 1 rings (SSSR count). The minimum atomic E-state index is 0.696. The summed E-state index contributed by atoms with van der Waals surface area (Å²) in [5.74, 6) is 0.749. The van der Waals surface area contributed by atoms with Crippen LogP contribution in [-0.4, -0.2) is 50.8 Å². The smallest absolute Gasteiger partial charge is 0.0507 e. The summed E-state index contributed by atoms with van der Waals surface area (Å²) in [7, 11) is 2.20. The lowest BCUT2D eigenvalue weighted by Crippen LogP contribution is -2.36. The lowest BCUT2D eigenvalue weighted by Gasteiger charge is -2.23. The Kier molecular flexibility index (Phi) is 6.22. The predicted octanol–water partition coefficient (Wildman–Crippen LogP) is 1.34. The van der Waals surface area contributed by atoms with Crippen molar-refractivity contribution in [3.05, 3.63) is 0 Å². The van der Waals surface area contributed by atoms with Gasteiger partial charge in [0.05, 0.1) is 6.61 Å². The zero-order valence-electron chi connectivity index (χ0n) is 10.5. The van der Waals surface area contributed by atoms with E-state index in [9.17, 15) is 0 Å². The van der Waals surface area contributed by atoms with Crippen LogP contribution in [-0.2, 0) is 4.74 Å². The van der Waals surface area contributed by atoms with Crippen molar-refractivity contribution in [2.45, 2.75) is 32.7 Å². The van der Waals surface area contributed by atoms with Crippen molar-refractivity contribution in [2.75, 3.05) is 39.9 Å². The van der Waals surface area contributed by atoms with E-state index in [1.807, 2.05) is 0 Å². The van der Waals surface area contributed by atoms with Crippen LogP contribution in [0.2, 0.25) is 0 Å². The van der Waals surface area contributed by atoms with Gasteiger partial charge >= 0.3 is 0 Å². The van der Waals surface area contributed by atoms with Crippen molar-refractivity contribution in [2.24, 2.45) is 5.92 Å². The monoisotopic (exact) mass is 214 g/mol. The van der Waals surface area contributed by atoms with Crippen LogP contribution in [0.3, 0.4) is 0 Å². The fraction of sp³-hybridized carbons (Fsp3) is 1.00. The molecule has 2 unspecified atom stereocenters. The Hall–Kier alpha value is -0.120. The summed E-state index contributed by atoms with van der Waals surface area (Å²) in [6, 6.07) is 0.696. The fourth-order valence-electron chi connectivity index (χ4n) is 1.84. The van der Waals surface area contributed by atoms with Gasteiger partial charge in [0.2, 0.25) is 0 Å². The maximum Gasteiger partial charge on any atom is 0.0507 e. The average Bonchev–Trinajstić information content (AvgIpc) is 2.75. The second-order valence-corrected chi connectivity index (χ2v) is 4.67. The van der Waals surface area contributed by atoms with Crippen molar-refractivity contribution >= 4 is 0 Å². The van der Waals surface area contributed by atoms with Gasteiger partial charge in [-0.1, -0.05) is 6.92 Å². The predicted molar refractivity (Wildman–Crippen MR) is 64.2 cm³/mol. The highest BCUT2D eigenvalue weighted by molar-refractivity contribution is 4.68. The molecule has 3 heteroatoms.